The van der Waals surface area contributed by atoms with Crippen LogP contribution in [0.4, 0.5) is 0 Å². The Labute approximate surface area is 95.4 Å². The van der Waals surface area contributed by atoms with E-state index < -0.39 is 0 Å². The summed E-state index contributed by atoms with van der Waals surface area (Å²) in [6, 6.07) is 10.1. The Bertz CT molecular complexity index is 436. The second-order valence-corrected chi connectivity index (χ2v) is 3.88. The minimum atomic E-state index is -0.0875. The zero-order chi connectivity index (χ0) is 11.4. The topological polar surface area (TPSA) is 51.8 Å². The summed E-state index contributed by atoms with van der Waals surface area (Å²) >= 11 is 0. The molecule has 0 saturated heterocycles. The van der Waals surface area contributed by atoms with Crippen molar-refractivity contribution >= 4 is 0 Å². The molecular formula is C13H15N3. The van der Waals surface area contributed by atoms with Gasteiger partial charge in [0.1, 0.15) is 0 Å². The highest BCUT2D eigenvalue weighted by molar-refractivity contribution is 5.18. The molecule has 3 heteroatoms. The Kier molecular flexibility index (Phi) is 3.27. The lowest BCUT2D eigenvalue weighted by Gasteiger charge is -2.10. The number of aromatic nitrogens is 2. The Morgan fingerprint density at radius 3 is 2.50 bits per heavy atom. The van der Waals surface area contributed by atoms with E-state index in [4.69, 9.17) is 5.73 Å². The maximum absolute atomic E-state index is 6.07. The lowest BCUT2D eigenvalue weighted by atomic mass is 10.0. The van der Waals surface area contributed by atoms with Crippen LogP contribution < -0.4 is 5.73 Å². The average molecular weight is 213 g/mol. The van der Waals surface area contributed by atoms with Crippen molar-refractivity contribution in [2.45, 2.75) is 19.4 Å². The van der Waals surface area contributed by atoms with Gasteiger partial charge in [0.25, 0.3) is 0 Å². The van der Waals surface area contributed by atoms with Crippen molar-refractivity contribution in [3.05, 3.63) is 59.7 Å². The van der Waals surface area contributed by atoms with E-state index in [1.807, 2.05) is 25.1 Å². The van der Waals surface area contributed by atoms with Crippen LogP contribution in [0.25, 0.3) is 0 Å². The molecule has 0 aliphatic rings. The van der Waals surface area contributed by atoms with Gasteiger partial charge in [-0.1, -0.05) is 30.3 Å². The van der Waals surface area contributed by atoms with Gasteiger partial charge in [-0.05, 0) is 18.9 Å². The third-order valence-electron chi connectivity index (χ3n) is 2.48. The number of nitrogens with two attached hydrogens (primary N) is 1. The molecule has 0 aliphatic heterocycles. The summed E-state index contributed by atoms with van der Waals surface area (Å²) in [5.74, 6) is 0. The molecule has 2 N–H and O–H groups in total. The van der Waals surface area contributed by atoms with E-state index in [-0.39, 0.29) is 6.04 Å². The molecule has 0 fully saturated rings. The van der Waals surface area contributed by atoms with Crippen molar-refractivity contribution in [1.82, 2.24) is 9.97 Å². The fourth-order valence-corrected chi connectivity index (χ4v) is 1.57. The van der Waals surface area contributed by atoms with Gasteiger partial charge in [0, 0.05) is 6.20 Å². The van der Waals surface area contributed by atoms with Crippen LogP contribution in [-0.4, -0.2) is 9.97 Å². The summed E-state index contributed by atoms with van der Waals surface area (Å²) in [7, 11) is 0. The predicted molar refractivity (Wildman–Crippen MR) is 63.8 cm³/mol. The number of aryl methyl sites for hydroxylation is 1. The summed E-state index contributed by atoms with van der Waals surface area (Å²) < 4.78 is 0. The molecule has 0 saturated carbocycles. The Morgan fingerprint density at radius 2 is 1.88 bits per heavy atom. The van der Waals surface area contributed by atoms with E-state index in [0.29, 0.717) is 0 Å². The smallest absolute Gasteiger partial charge is 0.0757 e. The third-order valence-corrected chi connectivity index (χ3v) is 2.48. The standard InChI is InChI=1S/C13H15N3/c1-10-8-16-13(9-15-10)12(14)7-11-5-3-2-4-6-11/h2-6,8-9,12H,7,14H2,1H3. The average Bonchev–Trinajstić information content (AvgIpc) is 2.31. The zero-order valence-electron chi connectivity index (χ0n) is 9.30. The van der Waals surface area contributed by atoms with E-state index >= 15 is 0 Å². The molecule has 2 rings (SSSR count). The maximum atomic E-state index is 6.07. The monoisotopic (exact) mass is 213 g/mol. The molecule has 0 radical (unpaired) electrons. The van der Waals surface area contributed by atoms with Gasteiger partial charge in [-0.25, -0.2) is 0 Å². The number of nitrogens with zero attached hydrogens (tertiary/aromatic N) is 2. The first-order chi connectivity index (χ1) is 7.75. The van der Waals surface area contributed by atoms with E-state index in [1.165, 1.54) is 5.56 Å². The zero-order valence-corrected chi connectivity index (χ0v) is 9.30. The van der Waals surface area contributed by atoms with E-state index in [0.717, 1.165) is 17.8 Å². The van der Waals surface area contributed by atoms with Crippen LogP contribution in [0.2, 0.25) is 0 Å². The Hall–Kier alpha value is -1.74. The van der Waals surface area contributed by atoms with Crippen molar-refractivity contribution < 1.29 is 0 Å². The second kappa shape index (κ2) is 4.86. The van der Waals surface area contributed by atoms with Gasteiger partial charge >= 0.3 is 0 Å². The van der Waals surface area contributed by atoms with Gasteiger partial charge in [0.05, 0.1) is 23.6 Å². The van der Waals surface area contributed by atoms with Crippen LogP contribution in [-0.2, 0) is 6.42 Å². The normalized spacial score (nSPS) is 12.4. The van der Waals surface area contributed by atoms with Gasteiger partial charge in [-0.3, -0.25) is 9.97 Å². The van der Waals surface area contributed by atoms with Gasteiger partial charge in [0.2, 0.25) is 0 Å². The molecule has 0 bridgehead atoms. The van der Waals surface area contributed by atoms with Crippen molar-refractivity contribution in [1.29, 1.82) is 0 Å². The highest BCUT2D eigenvalue weighted by atomic mass is 14.8. The fourth-order valence-electron chi connectivity index (χ4n) is 1.57. The second-order valence-electron chi connectivity index (χ2n) is 3.88. The first-order valence-electron chi connectivity index (χ1n) is 5.34. The minimum Gasteiger partial charge on any atom is -0.322 e. The molecule has 1 heterocycles. The maximum Gasteiger partial charge on any atom is 0.0757 e. The molecule has 1 aromatic heterocycles. The summed E-state index contributed by atoms with van der Waals surface area (Å²) in [6.07, 6.45) is 4.29. The van der Waals surface area contributed by atoms with Gasteiger partial charge in [-0.15, -0.1) is 0 Å². The van der Waals surface area contributed by atoms with Crippen LogP contribution in [0.3, 0.4) is 0 Å². The van der Waals surface area contributed by atoms with Gasteiger partial charge in [-0.2, -0.15) is 0 Å². The number of rotatable bonds is 3. The number of hydrogen-bond acceptors (Lipinski definition) is 3. The molecule has 3 nitrogen and oxygen atoms in total. The molecule has 82 valence electrons. The summed E-state index contributed by atoms with van der Waals surface area (Å²) in [4.78, 5) is 8.49. The highest BCUT2D eigenvalue weighted by Crippen LogP contribution is 2.12. The van der Waals surface area contributed by atoms with Gasteiger partial charge < -0.3 is 5.73 Å². The molecule has 0 aliphatic carbocycles. The number of benzene rings is 1. The molecule has 1 atom stereocenters. The minimum absolute atomic E-state index is 0.0875. The summed E-state index contributed by atoms with van der Waals surface area (Å²) in [5.41, 5.74) is 9.05. The first-order valence-corrected chi connectivity index (χ1v) is 5.34. The lowest BCUT2D eigenvalue weighted by Crippen LogP contribution is -2.15. The van der Waals surface area contributed by atoms with Crippen molar-refractivity contribution in [2.75, 3.05) is 0 Å². The fraction of sp³-hybridized carbons (Fsp3) is 0.231. The summed E-state index contributed by atoms with van der Waals surface area (Å²) in [6.45, 7) is 1.92. The van der Waals surface area contributed by atoms with Crippen LogP contribution >= 0.6 is 0 Å². The molecular weight excluding hydrogens is 198 g/mol. The van der Waals surface area contributed by atoms with E-state index in [2.05, 4.69) is 22.1 Å². The third kappa shape index (κ3) is 2.64. The lowest BCUT2D eigenvalue weighted by molar-refractivity contribution is 0.689. The van der Waals surface area contributed by atoms with Crippen LogP contribution in [0.15, 0.2) is 42.7 Å². The summed E-state index contributed by atoms with van der Waals surface area (Å²) in [5, 5.41) is 0. The highest BCUT2D eigenvalue weighted by Gasteiger charge is 2.08. The number of hydrogen-bond donors (Lipinski definition) is 1. The van der Waals surface area contributed by atoms with Crippen LogP contribution in [0.1, 0.15) is 23.0 Å². The van der Waals surface area contributed by atoms with Gasteiger partial charge in [0.15, 0.2) is 0 Å². The Balaban J connectivity index is 2.09. The molecule has 0 spiro atoms. The quantitative estimate of drug-likeness (QED) is 0.848. The SMILES string of the molecule is Cc1cnc(C(N)Cc2ccccc2)cn1. The molecule has 16 heavy (non-hydrogen) atoms. The molecule has 0 amide bonds. The largest absolute Gasteiger partial charge is 0.322 e. The first kappa shape index (κ1) is 10.8. The van der Waals surface area contributed by atoms with Crippen LogP contribution in [0, 0.1) is 6.92 Å². The molecule has 1 unspecified atom stereocenters. The van der Waals surface area contributed by atoms with Crippen molar-refractivity contribution in [3.8, 4) is 0 Å². The van der Waals surface area contributed by atoms with E-state index in [9.17, 15) is 0 Å². The van der Waals surface area contributed by atoms with E-state index in [1.54, 1.807) is 12.4 Å². The Morgan fingerprint density at radius 1 is 1.12 bits per heavy atom. The predicted octanol–water partition coefficient (Wildman–Crippen LogP) is 2.03. The molecule has 2 aromatic rings. The van der Waals surface area contributed by atoms with Crippen molar-refractivity contribution in [2.24, 2.45) is 5.73 Å². The van der Waals surface area contributed by atoms with Crippen LogP contribution in [0.5, 0.6) is 0 Å². The molecule has 1 aromatic carbocycles. The van der Waals surface area contributed by atoms with Crippen molar-refractivity contribution in [3.63, 3.8) is 0 Å².